The number of ether oxygens (including phenoxy) is 1. The van der Waals surface area contributed by atoms with Crippen LogP contribution in [0.5, 0.6) is 5.75 Å². The quantitative estimate of drug-likeness (QED) is 0.198. The molecule has 1 heterocycles. The lowest BCUT2D eigenvalue weighted by Gasteiger charge is -2.12. The Hall–Kier alpha value is -3.29. The molecule has 1 aromatic heterocycles. The molecule has 5 aromatic rings. The fourth-order valence-corrected chi connectivity index (χ4v) is 4.73. The molecule has 0 amide bonds. The zero-order valence-corrected chi connectivity index (χ0v) is 22.1. The fourth-order valence-electron chi connectivity index (χ4n) is 3.99. The molecule has 5 rings (SSSR count). The molecule has 0 radical (unpaired) electrons. The van der Waals surface area contributed by atoms with E-state index in [-0.39, 0.29) is 5.56 Å². The summed E-state index contributed by atoms with van der Waals surface area (Å²) in [7, 11) is 0. The van der Waals surface area contributed by atoms with Crippen LogP contribution in [-0.4, -0.2) is 15.9 Å². The number of nitrogens with zero attached hydrogens (tertiary/aromatic N) is 3. The number of hydrogen-bond acceptors (Lipinski definition) is 4. The summed E-state index contributed by atoms with van der Waals surface area (Å²) in [6, 6.07) is 25.7. The maximum atomic E-state index is 13.2. The number of fused-ring (bicyclic) bond motifs is 2. The van der Waals surface area contributed by atoms with E-state index in [1.54, 1.807) is 12.3 Å². The van der Waals surface area contributed by atoms with Gasteiger partial charge >= 0.3 is 0 Å². The zero-order valence-electron chi connectivity index (χ0n) is 18.9. The Labute approximate surface area is 219 Å². The average molecular weight is 591 g/mol. The maximum absolute atomic E-state index is 13.2. The van der Waals surface area contributed by atoms with Crippen LogP contribution in [0, 0.1) is 0 Å². The molecule has 0 spiro atoms. The van der Waals surface area contributed by atoms with Gasteiger partial charge in [0.05, 0.1) is 17.1 Å². The van der Waals surface area contributed by atoms with Crippen LogP contribution in [0.25, 0.3) is 21.7 Å². The van der Waals surface area contributed by atoms with Crippen molar-refractivity contribution in [1.82, 2.24) is 9.66 Å². The summed E-state index contributed by atoms with van der Waals surface area (Å²) in [5.41, 5.74) is 2.30. The van der Waals surface area contributed by atoms with Crippen molar-refractivity contribution in [2.24, 2.45) is 5.10 Å². The first-order chi connectivity index (χ1) is 17.0. The van der Waals surface area contributed by atoms with Gasteiger partial charge in [0.1, 0.15) is 18.2 Å². The number of hydrogen-bond donors (Lipinski definition) is 0. The van der Waals surface area contributed by atoms with E-state index in [1.165, 1.54) is 10.1 Å². The lowest BCUT2D eigenvalue weighted by molar-refractivity contribution is 0.307. The first-order valence-corrected chi connectivity index (χ1v) is 12.8. The van der Waals surface area contributed by atoms with Crippen LogP contribution in [-0.2, 0) is 13.0 Å². The number of aromatic nitrogens is 2. The van der Waals surface area contributed by atoms with Crippen molar-refractivity contribution in [1.29, 1.82) is 0 Å². The molecule has 0 bridgehead atoms. The van der Waals surface area contributed by atoms with Crippen LogP contribution in [0.1, 0.15) is 23.9 Å². The van der Waals surface area contributed by atoms with Crippen molar-refractivity contribution in [2.75, 3.05) is 0 Å². The molecule has 5 nitrogen and oxygen atoms in total. The second-order valence-corrected chi connectivity index (χ2v) is 9.85. The predicted molar refractivity (Wildman–Crippen MR) is 148 cm³/mol. The Kier molecular flexibility index (Phi) is 6.79. The molecule has 0 aliphatic carbocycles. The summed E-state index contributed by atoms with van der Waals surface area (Å²) < 4.78 is 9.30. The Balaban J connectivity index is 1.50. The van der Waals surface area contributed by atoms with Crippen LogP contribution in [0.15, 0.2) is 97.7 Å². The summed E-state index contributed by atoms with van der Waals surface area (Å²) in [6.07, 6.45) is 2.22. The van der Waals surface area contributed by atoms with Gasteiger partial charge in [0.25, 0.3) is 5.56 Å². The van der Waals surface area contributed by atoms with Crippen molar-refractivity contribution in [2.45, 2.75) is 20.0 Å². The van der Waals surface area contributed by atoms with Crippen LogP contribution < -0.4 is 10.3 Å². The van der Waals surface area contributed by atoms with E-state index in [0.717, 1.165) is 25.5 Å². The number of halogens is 2. The lowest BCUT2D eigenvalue weighted by atomic mass is 10.1. The highest BCUT2D eigenvalue weighted by molar-refractivity contribution is 9.10. The van der Waals surface area contributed by atoms with Crippen molar-refractivity contribution < 1.29 is 4.74 Å². The van der Waals surface area contributed by atoms with Crippen molar-refractivity contribution in [3.05, 3.63) is 115 Å². The topological polar surface area (TPSA) is 56.5 Å². The second-order valence-electron chi connectivity index (χ2n) is 8.01. The molecular weight excluding hydrogens is 570 g/mol. The van der Waals surface area contributed by atoms with E-state index >= 15 is 0 Å². The molecule has 0 atom stereocenters. The molecule has 0 fully saturated rings. The highest BCUT2D eigenvalue weighted by Crippen LogP contribution is 2.25. The number of aryl methyl sites for hydroxylation is 1. The minimum Gasteiger partial charge on any atom is -0.488 e. The van der Waals surface area contributed by atoms with Gasteiger partial charge in [-0.2, -0.15) is 9.78 Å². The first-order valence-electron chi connectivity index (χ1n) is 11.2. The highest BCUT2D eigenvalue weighted by Gasteiger charge is 2.11. The average Bonchev–Trinajstić information content (AvgIpc) is 2.87. The molecule has 0 saturated carbocycles. The van der Waals surface area contributed by atoms with Gasteiger partial charge in [-0.15, -0.1) is 0 Å². The molecule has 7 heteroatoms. The summed E-state index contributed by atoms with van der Waals surface area (Å²) in [6.45, 7) is 2.37. The number of rotatable bonds is 6. The lowest BCUT2D eigenvalue weighted by Crippen LogP contribution is -2.22. The van der Waals surface area contributed by atoms with Gasteiger partial charge in [-0.3, -0.25) is 4.79 Å². The van der Waals surface area contributed by atoms with Crippen LogP contribution in [0.4, 0.5) is 0 Å². The Morgan fingerprint density at radius 1 is 0.943 bits per heavy atom. The Morgan fingerprint density at radius 3 is 2.57 bits per heavy atom. The SMILES string of the molecule is CCc1nc2ccc(Br)cc2c(=O)n1N=Cc1cc(Br)ccc1OCc1cccc2ccccc12. The third-order valence-electron chi connectivity index (χ3n) is 5.74. The fraction of sp³-hybridized carbons (Fsp3) is 0.107. The molecule has 0 aliphatic heterocycles. The van der Waals surface area contributed by atoms with E-state index in [2.05, 4.69) is 66.2 Å². The minimum atomic E-state index is -0.211. The molecule has 4 aromatic carbocycles. The molecular formula is C28H21Br2N3O2. The number of benzene rings is 4. The molecule has 174 valence electrons. The summed E-state index contributed by atoms with van der Waals surface area (Å²) in [5.74, 6) is 1.27. The molecule has 0 N–H and O–H groups in total. The van der Waals surface area contributed by atoms with E-state index < -0.39 is 0 Å². The van der Waals surface area contributed by atoms with E-state index in [4.69, 9.17) is 4.74 Å². The zero-order chi connectivity index (χ0) is 24.4. The van der Waals surface area contributed by atoms with Gasteiger partial charge in [-0.1, -0.05) is 81.2 Å². The second kappa shape index (κ2) is 10.1. The monoisotopic (exact) mass is 589 g/mol. The summed E-state index contributed by atoms with van der Waals surface area (Å²) >= 11 is 6.97. The third kappa shape index (κ3) is 4.92. The van der Waals surface area contributed by atoms with Crippen molar-refractivity contribution in [3.63, 3.8) is 0 Å². The molecule has 0 unspecified atom stereocenters. The van der Waals surface area contributed by atoms with Crippen LogP contribution in [0.3, 0.4) is 0 Å². The minimum absolute atomic E-state index is 0.211. The Morgan fingerprint density at radius 2 is 1.71 bits per heavy atom. The summed E-state index contributed by atoms with van der Waals surface area (Å²) in [4.78, 5) is 17.9. The molecule has 0 saturated heterocycles. The van der Waals surface area contributed by atoms with E-state index in [0.29, 0.717) is 35.5 Å². The van der Waals surface area contributed by atoms with Gasteiger partial charge in [0.2, 0.25) is 0 Å². The molecule has 35 heavy (non-hydrogen) atoms. The summed E-state index contributed by atoms with van der Waals surface area (Å²) in [5, 5.41) is 7.38. The van der Waals surface area contributed by atoms with Gasteiger partial charge in [0.15, 0.2) is 0 Å². The maximum Gasteiger partial charge on any atom is 0.282 e. The van der Waals surface area contributed by atoms with Crippen LogP contribution in [0.2, 0.25) is 0 Å². The van der Waals surface area contributed by atoms with Gasteiger partial charge < -0.3 is 4.74 Å². The normalized spacial score (nSPS) is 11.5. The van der Waals surface area contributed by atoms with E-state index in [1.807, 2.05) is 55.5 Å². The highest BCUT2D eigenvalue weighted by atomic mass is 79.9. The largest absolute Gasteiger partial charge is 0.488 e. The first kappa shape index (κ1) is 23.5. The van der Waals surface area contributed by atoms with Gasteiger partial charge in [-0.05, 0) is 52.7 Å². The van der Waals surface area contributed by atoms with Crippen molar-refractivity contribution in [3.8, 4) is 5.75 Å². The molecule has 0 aliphatic rings. The smallest absolute Gasteiger partial charge is 0.282 e. The van der Waals surface area contributed by atoms with Gasteiger partial charge in [0, 0.05) is 20.9 Å². The van der Waals surface area contributed by atoms with Crippen LogP contribution >= 0.6 is 31.9 Å². The van der Waals surface area contributed by atoms with E-state index in [9.17, 15) is 4.79 Å². The third-order valence-corrected chi connectivity index (χ3v) is 6.73. The standard InChI is InChI=1S/C28H21Br2N3O2/c1-2-27-32-25-12-10-22(30)15-24(25)28(34)33(27)31-16-20-14-21(29)11-13-26(20)35-17-19-8-5-7-18-6-3-4-9-23(18)19/h3-16H,2,17H2,1H3. The van der Waals surface area contributed by atoms with Gasteiger partial charge in [-0.25, -0.2) is 4.98 Å². The Bertz CT molecular complexity index is 1640. The predicted octanol–water partition coefficient (Wildman–Crippen LogP) is 7.10. The van der Waals surface area contributed by atoms with Crippen molar-refractivity contribution >= 4 is 59.7 Å².